The molecule has 0 aromatic carbocycles. The van der Waals surface area contributed by atoms with Crippen molar-refractivity contribution in [2.75, 3.05) is 6.54 Å². The lowest BCUT2D eigenvalue weighted by atomic mass is 10.2. The van der Waals surface area contributed by atoms with Crippen LogP contribution in [0.1, 0.15) is 12.1 Å². The van der Waals surface area contributed by atoms with Crippen molar-refractivity contribution in [1.82, 2.24) is 9.97 Å². The maximum absolute atomic E-state index is 5.34. The lowest BCUT2D eigenvalue weighted by Crippen LogP contribution is -1.99. The zero-order valence-electron chi connectivity index (χ0n) is 5.80. The van der Waals surface area contributed by atoms with Crippen LogP contribution in [-0.4, -0.2) is 16.5 Å². The van der Waals surface area contributed by atoms with Crippen LogP contribution in [0, 0.1) is 0 Å². The molecule has 1 rings (SSSR count). The number of nitrogens with zero attached hydrogens (tertiary/aromatic N) is 1. The van der Waals surface area contributed by atoms with Gasteiger partial charge in [-0.3, -0.25) is 0 Å². The zero-order chi connectivity index (χ0) is 7.40. The molecule has 0 aliphatic carbocycles. The molecule has 3 N–H and O–H groups in total. The molecule has 0 bridgehead atoms. The van der Waals surface area contributed by atoms with Crippen LogP contribution in [-0.2, 0) is 0 Å². The van der Waals surface area contributed by atoms with Crippen molar-refractivity contribution in [3.63, 3.8) is 0 Å². The number of H-pyrrole nitrogens is 1. The molecule has 0 amide bonds. The Bertz CT molecular complexity index is 201. The SMILES string of the molecule is C=C(CCN)c1cnc[nH]1. The van der Waals surface area contributed by atoms with Crippen molar-refractivity contribution in [2.24, 2.45) is 5.73 Å². The first-order chi connectivity index (χ1) is 4.84. The topological polar surface area (TPSA) is 54.7 Å². The second-order valence-corrected chi connectivity index (χ2v) is 2.11. The van der Waals surface area contributed by atoms with Crippen LogP contribution >= 0.6 is 0 Å². The molecule has 0 saturated carbocycles. The lowest BCUT2D eigenvalue weighted by Gasteiger charge is -1.97. The number of imidazole rings is 1. The van der Waals surface area contributed by atoms with E-state index in [1.54, 1.807) is 12.5 Å². The first-order valence-electron chi connectivity index (χ1n) is 3.21. The molecule has 1 heterocycles. The number of rotatable bonds is 3. The van der Waals surface area contributed by atoms with Crippen LogP contribution in [0.4, 0.5) is 0 Å². The van der Waals surface area contributed by atoms with Gasteiger partial charge in [0.2, 0.25) is 0 Å². The molecule has 0 spiro atoms. The summed E-state index contributed by atoms with van der Waals surface area (Å²) in [5.74, 6) is 0. The average molecular weight is 137 g/mol. The predicted molar refractivity (Wildman–Crippen MR) is 41.3 cm³/mol. The van der Waals surface area contributed by atoms with E-state index in [0.29, 0.717) is 6.54 Å². The van der Waals surface area contributed by atoms with Crippen molar-refractivity contribution in [3.05, 3.63) is 24.8 Å². The second kappa shape index (κ2) is 3.17. The lowest BCUT2D eigenvalue weighted by molar-refractivity contribution is 1.02. The van der Waals surface area contributed by atoms with E-state index >= 15 is 0 Å². The molecule has 0 unspecified atom stereocenters. The van der Waals surface area contributed by atoms with E-state index in [4.69, 9.17) is 5.73 Å². The summed E-state index contributed by atoms with van der Waals surface area (Å²) in [4.78, 5) is 6.82. The summed E-state index contributed by atoms with van der Waals surface area (Å²) in [6.07, 6.45) is 4.21. The van der Waals surface area contributed by atoms with Crippen LogP contribution in [0.3, 0.4) is 0 Å². The van der Waals surface area contributed by atoms with Crippen molar-refractivity contribution < 1.29 is 0 Å². The Morgan fingerprint density at radius 2 is 2.60 bits per heavy atom. The Balaban J connectivity index is 2.59. The summed E-state index contributed by atoms with van der Waals surface area (Å²) in [7, 11) is 0. The zero-order valence-corrected chi connectivity index (χ0v) is 5.80. The van der Waals surface area contributed by atoms with Crippen LogP contribution in [0.5, 0.6) is 0 Å². The number of aromatic amines is 1. The molecule has 54 valence electrons. The smallest absolute Gasteiger partial charge is 0.0924 e. The Morgan fingerprint density at radius 1 is 1.80 bits per heavy atom. The van der Waals surface area contributed by atoms with Gasteiger partial charge in [-0.25, -0.2) is 4.98 Å². The molecule has 3 heteroatoms. The van der Waals surface area contributed by atoms with E-state index < -0.39 is 0 Å². The van der Waals surface area contributed by atoms with Gasteiger partial charge in [0.05, 0.1) is 18.2 Å². The molecule has 0 fully saturated rings. The Labute approximate surface area is 60.0 Å². The van der Waals surface area contributed by atoms with Crippen molar-refractivity contribution in [1.29, 1.82) is 0 Å². The number of nitrogens with two attached hydrogens (primary N) is 1. The summed E-state index contributed by atoms with van der Waals surface area (Å²) in [5, 5.41) is 0. The van der Waals surface area contributed by atoms with Gasteiger partial charge in [-0.2, -0.15) is 0 Å². The molecule has 0 aliphatic rings. The van der Waals surface area contributed by atoms with Crippen LogP contribution in [0.2, 0.25) is 0 Å². The van der Waals surface area contributed by atoms with Crippen LogP contribution in [0.25, 0.3) is 5.57 Å². The number of aromatic nitrogens is 2. The van der Waals surface area contributed by atoms with Crippen molar-refractivity contribution >= 4 is 5.57 Å². The highest BCUT2D eigenvalue weighted by atomic mass is 14.9. The Kier molecular flexibility index (Phi) is 2.23. The van der Waals surface area contributed by atoms with Gasteiger partial charge in [0, 0.05) is 0 Å². The molecule has 0 atom stereocenters. The standard InChI is InChI=1S/C7H11N3/c1-6(2-3-8)7-4-9-5-10-7/h4-5H,1-3,8H2,(H,9,10). The van der Waals surface area contributed by atoms with Crippen molar-refractivity contribution in [2.45, 2.75) is 6.42 Å². The summed E-state index contributed by atoms with van der Waals surface area (Å²) in [6, 6.07) is 0. The Hall–Kier alpha value is -1.09. The molecular formula is C7H11N3. The molecule has 1 aromatic heterocycles. The third-order valence-corrected chi connectivity index (χ3v) is 1.33. The number of nitrogens with one attached hydrogen (secondary N) is 1. The van der Waals surface area contributed by atoms with E-state index in [9.17, 15) is 0 Å². The van der Waals surface area contributed by atoms with Gasteiger partial charge in [-0.05, 0) is 18.5 Å². The molecule has 0 radical (unpaired) electrons. The van der Waals surface area contributed by atoms with E-state index in [1.807, 2.05) is 0 Å². The van der Waals surface area contributed by atoms with Gasteiger partial charge in [0.15, 0.2) is 0 Å². The third-order valence-electron chi connectivity index (χ3n) is 1.33. The minimum atomic E-state index is 0.637. The van der Waals surface area contributed by atoms with Gasteiger partial charge in [0.1, 0.15) is 0 Å². The molecule has 0 aliphatic heterocycles. The molecule has 1 aromatic rings. The first-order valence-corrected chi connectivity index (χ1v) is 3.21. The summed E-state index contributed by atoms with van der Waals surface area (Å²) >= 11 is 0. The highest BCUT2D eigenvalue weighted by molar-refractivity contribution is 5.59. The van der Waals surface area contributed by atoms with E-state index in [-0.39, 0.29) is 0 Å². The van der Waals surface area contributed by atoms with Gasteiger partial charge in [-0.1, -0.05) is 6.58 Å². The van der Waals surface area contributed by atoms with E-state index in [0.717, 1.165) is 17.7 Å². The fourth-order valence-electron chi connectivity index (χ4n) is 0.758. The fraction of sp³-hybridized carbons (Fsp3) is 0.286. The maximum Gasteiger partial charge on any atom is 0.0924 e. The summed E-state index contributed by atoms with van der Waals surface area (Å²) in [6.45, 7) is 4.47. The average Bonchev–Trinajstić information content (AvgIpc) is 2.38. The van der Waals surface area contributed by atoms with Gasteiger partial charge in [0.25, 0.3) is 0 Å². The third kappa shape index (κ3) is 1.45. The Morgan fingerprint density at radius 3 is 3.10 bits per heavy atom. The quantitative estimate of drug-likeness (QED) is 0.646. The summed E-state index contributed by atoms with van der Waals surface area (Å²) in [5.41, 5.74) is 7.33. The fourth-order valence-corrected chi connectivity index (χ4v) is 0.758. The van der Waals surface area contributed by atoms with E-state index in [2.05, 4.69) is 16.5 Å². The predicted octanol–water partition coefficient (Wildman–Crippen LogP) is 0.772. The second-order valence-electron chi connectivity index (χ2n) is 2.11. The molecular weight excluding hydrogens is 126 g/mol. The van der Waals surface area contributed by atoms with Crippen LogP contribution in [0.15, 0.2) is 19.1 Å². The summed E-state index contributed by atoms with van der Waals surface area (Å²) < 4.78 is 0. The van der Waals surface area contributed by atoms with Gasteiger partial charge in [-0.15, -0.1) is 0 Å². The van der Waals surface area contributed by atoms with Gasteiger partial charge < -0.3 is 10.7 Å². The molecule has 0 saturated heterocycles. The normalized spacial score (nSPS) is 9.70. The number of hydrogen-bond donors (Lipinski definition) is 2. The molecule has 3 nitrogen and oxygen atoms in total. The highest BCUT2D eigenvalue weighted by Gasteiger charge is 1.96. The minimum absolute atomic E-state index is 0.637. The highest BCUT2D eigenvalue weighted by Crippen LogP contribution is 2.09. The van der Waals surface area contributed by atoms with Gasteiger partial charge >= 0.3 is 0 Å². The molecule has 10 heavy (non-hydrogen) atoms. The minimum Gasteiger partial charge on any atom is -0.345 e. The van der Waals surface area contributed by atoms with Crippen LogP contribution < -0.4 is 5.73 Å². The number of hydrogen-bond acceptors (Lipinski definition) is 2. The maximum atomic E-state index is 5.34. The largest absolute Gasteiger partial charge is 0.345 e. The van der Waals surface area contributed by atoms with Crippen molar-refractivity contribution in [3.8, 4) is 0 Å². The first kappa shape index (κ1) is 7.02. The van der Waals surface area contributed by atoms with E-state index in [1.165, 1.54) is 0 Å². The monoisotopic (exact) mass is 137 g/mol.